The van der Waals surface area contributed by atoms with Crippen molar-refractivity contribution < 1.29 is 26.3 Å². The first kappa shape index (κ1) is 24.1. The molecule has 0 saturated carbocycles. The number of hydrogen-bond acceptors (Lipinski definition) is 5. The molecule has 34 heavy (non-hydrogen) atoms. The number of anilines is 2. The molecule has 6 nitrogen and oxygen atoms in total. The highest BCUT2D eigenvalue weighted by atomic mass is 35.5. The Balaban J connectivity index is 1.82. The molecule has 0 aliphatic carbocycles. The van der Waals surface area contributed by atoms with Crippen molar-refractivity contribution in [3.8, 4) is 0 Å². The van der Waals surface area contributed by atoms with Crippen LogP contribution in [0, 0.1) is 0 Å². The molecule has 1 atom stereocenters. The van der Waals surface area contributed by atoms with E-state index in [0.29, 0.717) is 24.4 Å². The first-order valence-electron chi connectivity index (χ1n) is 10.2. The van der Waals surface area contributed by atoms with Gasteiger partial charge in [0.2, 0.25) is 0 Å². The standard InChI is InChI=1S/C21H19ClF6N6/c1-33-31-19(30-32-33)34(18-3-2-6-29-17-10-15(22)4-5-16(17)18)11-12-7-13(20(23,24)25)9-14(8-12)21(26,27)28/h4-5,7-10,18,29H,2-3,6,11H2,1H3. The van der Waals surface area contributed by atoms with E-state index in [2.05, 4.69) is 20.7 Å². The number of hydrogen-bond donors (Lipinski definition) is 1. The molecule has 2 heterocycles. The number of alkyl halides is 6. The van der Waals surface area contributed by atoms with Gasteiger partial charge in [0.05, 0.1) is 24.2 Å². The zero-order chi connectivity index (χ0) is 24.7. The van der Waals surface area contributed by atoms with Gasteiger partial charge in [0, 0.05) is 23.8 Å². The second kappa shape index (κ2) is 8.97. The molecule has 1 aliphatic rings. The minimum atomic E-state index is -4.94. The van der Waals surface area contributed by atoms with Crippen molar-refractivity contribution in [2.24, 2.45) is 7.05 Å². The number of aryl methyl sites for hydroxylation is 1. The lowest BCUT2D eigenvalue weighted by molar-refractivity contribution is -0.143. The van der Waals surface area contributed by atoms with Crippen molar-refractivity contribution in [1.82, 2.24) is 20.2 Å². The highest BCUT2D eigenvalue weighted by molar-refractivity contribution is 6.30. The first-order valence-corrected chi connectivity index (χ1v) is 10.6. The van der Waals surface area contributed by atoms with E-state index in [1.54, 1.807) is 23.1 Å². The summed E-state index contributed by atoms with van der Waals surface area (Å²) in [7, 11) is 1.52. The van der Waals surface area contributed by atoms with Gasteiger partial charge in [0.1, 0.15) is 0 Å². The SMILES string of the molecule is Cn1nnc(N(Cc2cc(C(F)(F)F)cc(C(F)(F)F)c2)C2CCCNc3cc(Cl)ccc32)n1. The van der Waals surface area contributed by atoms with Crippen LogP contribution < -0.4 is 10.2 Å². The Morgan fingerprint density at radius 2 is 1.74 bits per heavy atom. The monoisotopic (exact) mass is 504 g/mol. The number of aromatic nitrogens is 4. The summed E-state index contributed by atoms with van der Waals surface area (Å²) in [4.78, 5) is 2.75. The number of benzene rings is 2. The normalized spacial score (nSPS) is 16.5. The molecule has 1 unspecified atom stereocenters. The van der Waals surface area contributed by atoms with Crippen LogP contribution in [0.5, 0.6) is 0 Å². The summed E-state index contributed by atoms with van der Waals surface area (Å²) in [5.41, 5.74) is -1.43. The highest BCUT2D eigenvalue weighted by Crippen LogP contribution is 2.40. The minimum absolute atomic E-state index is 0.0845. The molecular formula is C21H19ClF6N6. The quantitative estimate of drug-likeness (QED) is 0.451. The maximum Gasteiger partial charge on any atom is 0.416 e. The third-order valence-electron chi connectivity index (χ3n) is 5.48. The Morgan fingerprint density at radius 1 is 1.06 bits per heavy atom. The fourth-order valence-electron chi connectivity index (χ4n) is 3.99. The Hall–Kier alpha value is -3.02. The van der Waals surface area contributed by atoms with Crippen LogP contribution in [0.4, 0.5) is 38.0 Å². The molecule has 4 rings (SSSR count). The van der Waals surface area contributed by atoms with Crippen molar-refractivity contribution >= 4 is 23.2 Å². The van der Waals surface area contributed by atoms with Gasteiger partial charge in [-0.3, -0.25) is 0 Å². The first-order chi connectivity index (χ1) is 15.9. The van der Waals surface area contributed by atoms with Crippen molar-refractivity contribution in [2.45, 2.75) is 37.8 Å². The Labute approximate surface area is 195 Å². The van der Waals surface area contributed by atoms with Gasteiger partial charge in [-0.1, -0.05) is 22.8 Å². The van der Waals surface area contributed by atoms with Crippen molar-refractivity contribution in [2.75, 3.05) is 16.8 Å². The van der Waals surface area contributed by atoms with Crippen LogP contribution in [0.2, 0.25) is 5.02 Å². The van der Waals surface area contributed by atoms with Crippen LogP contribution in [0.25, 0.3) is 0 Å². The lowest BCUT2D eigenvalue weighted by Gasteiger charge is -2.31. The molecule has 0 amide bonds. The van der Waals surface area contributed by atoms with E-state index in [1.165, 1.54) is 11.8 Å². The van der Waals surface area contributed by atoms with Gasteiger partial charge in [0.15, 0.2) is 0 Å². The number of fused-ring (bicyclic) bond motifs is 1. The zero-order valence-electron chi connectivity index (χ0n) is 17.8. The van der Waals surface area contributed by atoms with Crippen LogP contribution in [0.3, 0.4) is 0 Å². The second-order valence-corrected chi connectivity index (χ2v) is 8.37. The topological polar surface area (TPSA) is 58.9 Å². The third kappa shape index (κ3) is 5.21. The molecule has 0 spiro atoms. The Bertz CT molecular complexity index is 1140. The second-order valence-electron chi connectivity index (χ2n) is 7.94. The Kier molecular flexibility index (Phi) is 6.36. The molecule has 2 aromatic carbocycles. The van der Waals surface area contributed by atoms with E-state index in [4.69, 9.17) is 11.6 Å². The molecule has 0 fully saturated rings. The van der Waals surface area contributed by atoms with Crippen molar-refractivity contribution in [1.29, 1.82) is 0 Å². The summed E-state index contributed by atoms with van der Waals surface area (Å²) in [5.74, 6) is 0.0845. The molecular weight excluding hydrogens is 486 g/mol. The summed E-state index contributed by atoms with van der Waals surface area (Å²) in [6.07, 6.45) is -8.66. The number of halogens is 7. The average Bonchev–Trinajstić information content (AvgIpc) is 3.06. The van der Waals surface area contributed by atoms with Gasteiger partial charge < -0.3 is 10.2 Å². The molecule has 1 aliphatic heterocycles. The molecule has 3 aromatic rings. The summed E-state index contributed by atoms with van der Waals surface area (Å²) in [6.45, 7) is 0.318. The summed E-state index contributed by atoms with van der Waals surface area (Å²) < 4.78 is 80.4. The molecule has 0 bridgehead atoms. The van der Waals surface area contributed by atoms with Crippen LogP contribution in [0.1, 0.15) is 41.1 Å². The van der Waals surface area contributed by atoms with E-state index < -0.39 is 29.5 Å². The molecule has 0 radical (unpaired) electrons. The molecule has 13 heteroatoms. The minimum Gasteiger partial charge on any atom is -0.385 e. The highest BCUT2D eigenvalue weighted by Gasteiger charge is 2.37. The fraction of sp³-hybridized carbons (Fsp3) is 0.381. The number of nitrogens with one attached hydrogen (secondary N) is 1. The van der Waals surface area contributed by atoms with Gasteiger partial charge in [-0.2, -0.15) is 31.1 Å². The van der Waals surface area contributed by atoms with E-state index >= 15 is 0 Å². The predicted molar refractivity (Wildman–Crippen MR) is 113 cm³/mol. The molecule has 1 aromatic heterocycles. The number of nitrogens with zero attached hydrogens (tertiary/aromatic N) is 5. The van der Waals surface area contributed by atoms with Gasteiger partial charge in [-0.25, -0.2) is 0 Å². The van der Waals surface area contributed by atoms with E-state index in [-0.39, 0.29) is 24.1 Å². The van der Waals surface area contributed by atoms with Crippen molar-refractivity contribution in [3.05, 3.63) is 63.7 Å². The third-order valence-corrected chi connectivity index (χ3v) is 5.71. The van der Waals surface area contributed by atoms with E-state index in [1.807, 2.05) is 0 Å². The van der Waals surface area contributed by atoms with Crippen LogP contribution in [0.15, 0.2) is 36.4 Å². The zero-order valence-corrected chi connectivity index (χ0v) is 18.5. The molecule has 1 N–H and O–H groups in total. The predicted octanol–water partition coefficient (Wildman–Crippen LogP) is 5.85. The van der Waals surface area contributed by atoms with E-state index in [0.717, 1.165) is 23.4 Å². The largest absolute Gasteiger partial charge is 0.416 e. The smallest absolute Gasteiger partial charge is 0.385 e. The summed E-state index contributed by atoms with van der Waals surface area (Å²) >= 11 is 6.12. The Morgan fingerprint density at radius 3 is 2.32 bits per heavy atom. The lowest BCUT2D eigenvalue weighted by atomic mass is 9.98. The number of rotatable bonds is 4. The van der Waals surface area contributed by atoms with Gasteiger partial charge >= 0.3 is 12.4 Å². The van der Waals surface area contributed by atoms with E-state index in [9.17, 15) is 26.3 Å². The maximum atomic E-state index is 13.4. The fourth-order valence-corrected chi connectivity index (χ4v) is 4.16. The molecule has 182 valence electrons. The van der Waals surface area contributed by atoms with Gasteiger partial charge in [-0.05, 0) is 59.5 Å². The van der Waals surface area contributed by atoms with Crippen molar-refractivity contribution in [3.63, 3.8) is 0 Å². The van der Waals surface area contributed by atoms with Gasteiger partial charge in [-0.15, -0.1) is 5.10 Å². The molecule has 0 saturated heterocycles. The van der Waals surface area contributed by atoms with Crippen LogP contribution in [-0.4, -0.2) is 26.8 Å². The van der Waals surface area contributed by atoms with Crippen LogP contribution in [-0.2, 0) is 25.9 Å². The van der Waals surface area contributed by atoms with Gasteiger partial charge in [0.25, 0.3) is 5.95 Å². The summed E-state index contributed by atoms with van der Waals surface area (Å²) in [5, 5.41) is 15.7. The number of tetrazole rings is 1. The summed E-state index contributed by atoms with van der Waals surface area (Å²) in [6, 6.07) is 6.28. The maximum absolute atomic E-state index is 13.4. The average molecular weight is 505 g/mol. The van der Waals surface area contributed by atoms with Crippen LogP contribution >= 0.6 is 11.6 Å². The lowest BCUT2D eigenvalue weighted by Crippen LogP contribution is -2.30.